The molecule has 0 saturated carbocycles. The molecule has 0 bridgehead atoms. The fraction of sp³-hybridized carbons (Fsp3) is 0.0345. The number of hydrogen-bond donors (Lipinski definition) is 0. The molecule has 5 rings (SSSR count). The quantitative estimate of drug-likeness (QED) is 0.207. The molecule has 0 aliphatic heterocycles. The van der Waals surface area contributed by atoms with E-state index in [1.165, 1.54) is 42.7 Å². The highest BCUT2D eigenvalue weighted by Gasteiger charge is 2.09. The van der Waals surface area contributed by atoms with Crippen LogP contribution in [0.15, 0.2) is 120 Å². The molecule has 3 aromatic carbocycles. The molecule has 0 aliphatic rings. The molecule has 5 aromatic rings. The van der Waals surface area contributed by atoms with Crippen molar-refractivity contribution in [2.24, 2.45) is 0 Å². The minimum absolute atomic E-state index is 0.813. The lowest BCUT2D eigenvalue weighted by Gasteiger charge is -2.04. The van der Waals surface area contributed by atoms with Gasteiger partial charge in [-0.2, -0.15) is 0 Å². The zero-order valence-corrected chi connectivity index (χ0v) is 19.9. The van der Waals surface area contributed by atoms with Crippen molar-refractivity contribution in [1.29, 1.82) is 0 Å². The molecule has 1 nitrogen and oxygen atoms in total. The summed E-state index contributed by atoms with van der Waals surface area (Å²) in [6, 6.07) is 30.1. The van der Waals surface area contributed by atoms with E-state index in [2.05, 4.69) is 130 Å². The fourth-order valence-electron chi connectivity index (χ4n) is 4.09. The zero-order valence-electron chi connectivity index (χ0n) is 17.5. The number of halogens is 1. The lowest BCUT2D eigenvalue weighted by atomic mass is 10.1. The molecule has 0 saturated heterocycles. The number of thiophene rings is 1. The van der Waals surface area contributed by atoms with Crippen molar-refractivity contribution in [2.45, 2.75) is 6.54 Å². The summed E-state index contributed by atoms with van der Waals surface area (Å²) in [4.78, 5) is 2.50. The first-order valence-electron chi connectivity index (χ1n) is 10.6. The standard InChI is InChI=1S/C29H22BrNS/c1-2-8-21(28-18-19-29(32-28)22-14-16-23(30)17-15-22)9-7-20-31-26-12-5-3-10-24(26)25-11-4-6-13-27(25)31/h2-19H,1,20H2/b9-7-,21-8+. The minimum atomic E-state index is 0.813. The summed E-state index contributed by atoms with van der Waals surface area (Å²) in [6.45, 7) is 4.74. The average Bonchev–Trinajstić information content (AvgIpc) is 3.43. The van der Waals surface area contributed by atoms with E-state index in [1.807, 2.05) is 6.08 Å². The van der Waals surface area contributed by atoms with Crippen LogP contribution in [0.4, 0.5) is 0 Å². The van der Waals surface area contributed by atoms with Crippen LogP contribution in [0.3, 0.4) is 0 Å². The topological polar surface area (TPSA) is 4.93 Å². The van der Waals surface area contributed by atoms with Gasteiger partial charge in [0.05, 0.1) is 0 Å². The van der Waals surface area contributed by atoms with Crippen molar-refractivity contribution in [1.82, 2.24) is 4.57 Å². The number of rotatable bonds is 6. The minimum Gasteiger partial charge on any atom is -0.337 e. The van der Waals surface area contributed by atoms with E-state index in [0.29, 0.717) is 0 Å². The number of hydrogen-bond acceptors (Lipinski definition) is 1. The van der Waals surface area contributed by atoms with Gasteiger partial charge in [-0.3, -0.25) is 0 Å². The first-order valence-corrected chi connectivity index (χ1v) is 12.2. The zero-order chi connectivity index (χ0) is 21.9. The Balaban J connectivity index is 1.45. The predicted octanol–water partition coefficient (Wildman–Crippen LogP) is 9.11. The predicted molar refractivity (Wildman–Crippen MR) is 144 cm³/mol. The molecule has 2 aromatic heterocycles. The van der Waals surface area contributed by atoms with Gasteiger partial charge in [-0.1, -0.05) is 95.3 Å². The monoisotopic (exact) mass is 495 g/mol. The molecular weight excluding hydrogens is 474 g/mol. The van der Waals surface area contributed by atoms with Crippen LogP contribution in [-0.4, -0.2) is 4.57 Å². The molecule has 0 amide bonds. The number of allylic oxidation sites excluding steroid dienone is 5. The molecule has 0 aliphatic carbocycles. The van der Waals surface area contributed by atoms with Crippen LogP contribution < -0.4 is 0 Å². The van der Waals surface area contributed by atoms with Crippen molar-refractivity contribution >= 4 is 54.6 Å². The van der Waals surface area contributed by atoms with Gasteiger partial charge in [0.15, 0.2) is 0 Å². The number of fused-ring (bicyclic) bond motifs is 3. The van der Waals surface area contributed by atoms with Crippen molar-refractivity contribution in [2.75, 3.05) is 0 Å². The lowest BCUT2D eigenvalue weighted by molar-refractivity contribution is 0.899. The summed E-state index contributed by atoms with van der Waals surface area (Å²) >= 11 is 5.32. The third-order valence-corrected chi connectivity index (χ3v) is 7.29. The van der Waals surface area contributed by atoms with Gasteiger partial charge in [0, 0.05) is 42.6 Å². The van der Waals surface area contributed by atoms with Gasteiger partial charge in [0.25, 0.3) is 0 Å². The molecule has 156 valence electrons. The molecule has 0 fully saturated rings. The van der Waals surface area contributed by atoms with Crippen LogP contribution in [0.1, 0.15) is 4.88 Å². The Morgan fingerprint density at radius 2 is 1.50 bits per heavy atom. The van der Waals surface area contributed by atoms with Crippen molar-refractivity contribution < 1.29 is 0 Å². The number of aromatic nitrogens is 1. The molecule has 32 heavy (non-hydrogen) atoms. The Labute approximate surface area is 200 Å². The summed E-state index contributed by atoms with van der Waals surface area (Å²) in [5.41, 5.74) is 4.94. The van der Waals surface area contributed by atoms with Gasteiger partial charge < -0.3 is 4.57 Å². The van der Waals surface area contributed by atoms with E-state index in [0.717, 1.165) is 11.0 Å². The largest absolute Gasteiger partial charge is 0.337 e. The Kier molecular flexibility index (Phi) is 5.93. The van der Waals surface area contributed by atoms with Crippen LogP contribution >= 0.6 is 27.3 Å². The van der Waals surface area contributed by atoms with Crippen molar-refractivity contribution in [3.8, 4) is 10.4 Å². The first kappa shape index (κ1) is 20.7. The van der Waals surface area contributed by atoms with Crippen LogP contribution in [-0.2, 0) is 6.54 Å². The van der Waals surface area contributed by atoms with Gasteiger partial charge >= 0.3 is 0 Å². The van der Waals surface area contributed by atoms with Gasteiger partial charge in [0.2, 0.25) is 0 Å². The number of para-hydroxylation sites is 2. The highest BCUT2D eigenvalue weighted by atomic mass is 79.9. The van der Waals surface area contributed by atoms with E-state index in [1.54, 1.807) is 11.3 Å². The number of benzene rings is 3. The Bertz CT molecular complexity index is 1410. The molecule has 2 heterocycles. The molecule has 0 radical (unpaired) electrons. The van der Waals surface area contributed by atoms with E-state index in [9.17, 15) is 0 Å². The number of nitrogens with zero attached hydrogens (tertiary/aromatic N) is 1. The Morgan fingerprint density at radius 1 is 0.844 bits per heavy atom. The van der Waals surface area contributed by atoms with Crippen LogP contribution in [0.2, 0.25) is 0 Å². The maximum atomic E-state index is 3.92. The maximum absolute atomic E-state index is 3.92. The molecular formula is C29H22BrNS. The highest BCUT2D eigenvalue weighted by Crippen LogP contribution is 2.33. The van der Waals surface area contributed by atoms with Crippen LogP contribution in [0, 0.1) is 0 Å². The molecule has 0 unspecified atom stereocenters. The summed E-state index contributed by atoms with van der Waals surface area (Å²) in [6.07, 6.45) is 8.40. The van der Waals surface area contributed by atoms with Gasteiger partial charge in [0.1, 0.15) is 0 Å². The van der Waals surface area contributed by atoms with E-state index >= 15 is 0 Å². The van der Waals surface area contributed by atoms with Crippen molar-refractivity contribution in [3.05, 3.63) is 125 Å². The van der Waals surface area contributed by atoms with Gasteiger partial charge in [-0.05, 0) is 47.5 Å². The summed E-state index contributed by atoms with van der Waals surface area (Å²) in [7, 11) is 0. The second-order valence-electron chi connectivity index (χ2n) is 7.58. The maximum Gasteiger partial charge on any atom is 0.0494 e. The smallest absolute Gasteiger partial charge is 0.0494 e. The first-order chi connectivity index (χ1) is 15.7. The van der Waals surface area contributed by atoms with E-state index in [-0.39, 0.29) is 0 Å². The Hall–Kier alpha value is -3.14. The molecule has 0 spiro atoms. The van der Waals surface area contributed by atoms with E-state index in [4.69, 9.17) is 0 Å². The highest BCUT2D eigenvalue weighted by molar-refractivity contribution is 9.10. The third kappa shape index (κ3) is 4.02. The molecule has 0 N–H and O–H groups in total. The van der Waals surface area contributed by atoms with Crippen LogP contribution in [0.5, 0.6) is 0 Å². The van der Waals surface area contributed by atoms with Gasteiger partial charge in [-0.25, -0.2) is 0 Å². The summed E-state index contributed by atoms with van der Waals surface area (Å²) < 4.78 is 3.48. The average molecular weight is 496 g/mol. The van der Waals surface area contributed by atoms with Crippen molar-refractivity contribution in [3.63, 3.8) is 0 Å². The molecule has 0 atom stereocenters. The SMILES string of the molecule is C=C/C=C(\C=C/Cn1c2ccccc2c2ccccc21)c1ccc(-c2ccc(Br)cc2)s1. The van der Waals surface area contributed by atoms with Crippen LogP contribution in [0.25, 0.3) is 37.8 Å². The lowest BCUT2D eigenvalue weighted by Crippen LogP contribution is -1.94. The second-order valence-corrected chi connectivity index (χ2v) is 9.58. The molecule has 3 heteroatoms. The second kappa shape index (κ2) is 9.15. The fourth-order valence-corrected chi connectivity index (χ4v) is 5.38. The Morgan fingerprint density at radius 3 is 2.16 bits per heavy atom. The third-order valence-electron chi connectivity index (χ3n) is 5.58. The summed E-state index contributed by atoms with van der Waals surface area (Å²) in [5.74, 6) is 0. The summed E-state index contributed by atoms with van der Waals surface area (Å²) in [5, 5.41) is 2.60. The normalized spacial score (nSPS) is 12.2. The van der Waals surface area contributed by atoms with E-state index < -0.39 is 0 Å². The van der Waals surface area contributed by atoms with Gasteiger partial charge in [-0.15, -0.1) is 11.3 Å².